The zero-order valence-electron chi connectivity index (χ0n) is 40.1. The standard InChI is InChI=1S/C19H35NO5.C14H28O5S.C8H16N2O4.4Na/c1-2-3-4-5-6-7-8-9-10-11-12-13-17(21)20-16(19(24)25)14-15-18(22)23;1-2-3-4-5-6-7-8-9-10-11-12-19-14(15)13-20(16,17)18;1-7(12)9-2-3-10(4-5-11)6-8(13)14;;;;/h16H,2-15H2,1H3,(H,20,21)(H,22,23)(H,24,25);2-13H2,1H3,(H,16,17,18);11H,2-6H2,1H3,(H,9,12)(H,13,14);;;;/q;;;4*+1/p-4. The molecule has 17 nitrogen and oxygen atoms in total. The summed E-state index contributed by atoms with van der Waals surface area (Å²) in [5.74, 6) is -6.55. The summed E-state index contributed by atoms with van der Waals surface area (Å²) >= 11 is 0. The minimum atomic E-state index is -4.51. The molecule has 0 aromatic rings. The van der Waals surface area contributed by atoms with Crippen molar-refractivity contribution in [1.29, 1.82) is 0 Å². The molecule has 0 heterocycles. The number of aliphatic carboxylic acids is 3. The van der Waals surface area contributed by atoms with E-state index < -0.39 is 52.2 Å². The van der Waals surface area contributed by atoms with Crippen LogP contribution >= 0.6 is 0 Å². The van der Waals surface area contributed by atoms with E-state index in [1.165, 1.54) is 108 Å². The number of carbonyl (C=O) groups excluding carboxylic acids is 6. The number of hydrogen-bond donors (Lipinski definition) is 3. The number of carboxylic acid groups (broad SMARTS) is 3. The molecule has 0 spiro atoms. The topological polar surface area (TPSA) is 286 Å². The fraction of sp³-hybridized carbons (Fsp3) is 0.854. The van der Waals surface area contributed by atoms with Gasteiger partial charge in [-0.25, -0.2) is 8.42 Å². The maximum atomic E-state index is 11.7. The monoisotopic (exact) mass is 957 g/mol. The second-order valence-corrected chi connectivity index (χ2v) is 16.0. The van der Waals surface area contributed by atoms with Crippen LogP contribution in [0.15, 0.2) is 0 Å². The molecule has 1 atom stereocenters. The van der Waals surface area contributed by atoms with Crippen molar-refractivity contribution in [3.8, 4) is 0 Å². The van der Waals surface area contributed by atoms with Gasteiger partial charge in [0.1, 0.15) is 15.9 Å². The Morgan fingerprint density at radius 1 is 0.635 bits per heavy atom. The van der Waals surface area contributed by atoms with Gasteiger partial charge < -0.3 is 54.7 Å². The minimum absolute atomic E-state index is 0. The van der Waals surface area contributed by atoms with Crippen molar-refractivity contribution in [2.24, 2.45) is 0 Å². The molecule has 348 valence electrons. The molecule has 0 aromatic heterocycles. The van der Waals surface area contributed by atoms with Gasteiger partial charge in [0, 0.05) is 45.5 Å². The third kappa shape index (κ3) is 69.3. The van der Waals surface area contributed by atoms with Crippen LogP contribution in [0.5, 0.6) is 0 Å². The number of nitrogens with one attached hydrogen (secondary N) is 2. The number of rotatable bonds is 37. The molecular formula is C41H75N3Na4O14S. The number of amides is 2. The van der Waals surface area contributed by atoms with Crippen LogP contribution in [0.2, 0.25) is 0 Å². The number of ether oxygens (including phenoxy) is 1. The third-order valence-electron chi connectivity index (χ3n) is 8.89. The molecule has 0 fully saturated rings. The maximum absolute atomic E-state index is 11.7. The SMILES string of the molecule is CC(=O)NCCN(CCO)CC(=O)[O-].CCCCCCCCCCCCCC(=O)NC(CCC(=O)[O-])C(=O)[O-].CCCCCCCCCCCCOC(=O)CS(=O)(=O)[O-].[Na+].[Na+].[Na+].[Na+]. The van der Waals surface area contributed by atoms with Crippen LogP contribution in [0.25, 0.3) is 0 Å². The summed E-state index contributed by atoms with van der Waals surface area (Å²) in [5.41, 5.74) is 0. The number of aliphatic hydroxyl groups excluding tert-OH is 1. The summed E-state index contributed by atoms with van der Waals surface area (Å²) in [7, 11) is -4.51. The predicted octanol–water partition coefficient (Wildman–Crippen LogP) is -10.4. The fourth-order valence-corrected chi connectivity index (χ4v) is 6.04. The molecule has 22 heteroatoms. The van der Waals surface area contributed by atoms with E-state index in [1.54, 1.807) is 0 Å². The van der Waals surface area contributed by atoms with Crippen LogP contribution in [0.1, 0.15) is 175 Å². The minimum Gasteiger partial charge on any atom is -0.748 e. The van der Waals surface area contributed by atoms with Crippen LogP contribution in [0, 0.1) is 0 Å². The van der Waals surface area contributed by atoms with Gasteiger partial charge in [0.05, 0.1) is 31.2 Å². The Kier molecular flexibility index (Phi) is 70.4. The number of aliphatic hydroxyl groups is 1. The van der Waals surface area contributed by atoms with E-state index in [2.05, 4.69) is 29.2 Å². The number of unbranched alkanes of at least 4 members (excludes halogenated alkanes) is 19. The first-order valence-corrected chi connectivity index (χ1v) is 23.1. The predicted molar refractivity (Wildman–Crippen MR) is 217 cm³/mol. The Labute approximate surface area is 467 Å². The number of carboxylic acids is 3. The molecule has 0 saturated heterocycles. The quantitative estimate of drug-likeness (QED) is 0.0226. The first-order valence-electron chi connectivity index (χ1n) is 21.6. The number of esters is 1. The Morgan fingerprint density at radius 2 is 1.06 bits per heavy atom. The molecule has 1 unspecified atom stereocenters. The van der Waals surface area contributed by atoms with Gasteiger partial charge in [0.15, 0.2) is 0 Å². The maximum Gasteiger partial charge on any atom is 1.00 e. The van der Waals surface area contributed by atoms with Gasteiger partial charge in [0.25, 0.3) is 0 Å². The van der Waals surface area contributed by atoms with Crippen molar-refractivity contribution in [3.63, 3.8) is 0 Å². The smallest absolute Gasteiger partial charge is 0.748 e. The molecule has 3 N–H and O–H groups in total. The van der Waals surface area contributed by atoms with Crippen molar-refractivity contribution in [2.45, 2.75) is 181 Å². The van der Waals surface area contributed by atoms with E-state index in [-0.39, 0.29) is 169 Å². The van der Waals surface area contributed by atoms with Crippen molar-refractivity contribution in [2.75, 3.05) is 45.1 Å². The Hall–Kier alpha value is 0.650. The van der Waals surface area contributed by atoms with Crippen molar-refractivity contribution >= 4 is 45.8 Å². The molecule has 63 heavy (non-hydrogen) atoms. The molecule has 0 rings (SSSR count). The largest absolute Gasteiger partial charge is 1.00 e. The fourth-order valence-electron chi connectivity index (χ4n) is 5.67. The number of hydrogen-bond acceptors (Lipinski definition) is 15. The van der Waals surface area contributed by atoms with Crippen molar-refractivity contribution in [1.82, 2.24) is 15.5 Å². The summed E-state index contributed by atoms with van der Waals surface area (Å²) < 4.78 is 35.5. The second kappa shape index (κ2) is 57.0. The first-order chi connectivity index (χ1) is 28.0. The molecule has 0 saturated carbocycles. The zero-order valence-corrected chi connectivity index (χ0v) is 48.9. The van der Waals surface area contributed by atoms with E-state index >= 15 is 0 Å². The molecule has 0 radical (unpaired) electrons. The van der Waals surface area contributed by atoms with E-state index in [9.17, 15) is 57.1 Å². The van der Waals surface area contributed by atoms with Crippen LogP contribution in [0.4, 0.5) is 0 Å². The summed E-state index contributed by atoms with van der Waals surface area (Å²) in [6.07, 6.45) is 24.3. The van der Waals surface area contributed by atoms with E-state index in [4.69, 9.17) is 5.11 Å². The van der Waals surface area contributed by atoms with E-state index in [0.29, 0.717) is 19.5 Å². The van der Waals surface area contributed by atoms with Crippen molar-refractivity contribution in [3.05, 3.63) is 0 Å². The van der Waals surface area contributed by atoms with Crippen LogP contribution in [-0.4, -0.2) is 110 Å². The molecule has 0 aliphatic carbocycles. The Balaban J connectivity index is -0.000000150. The van der Waals surface area contributed by atoms with Crippen molar-refractivity contribution < 1.29 is 185 Å². The third-order valence-corrected chi connectivity index (χ3v) is 9.48. The molecular weight excluding hydrogens is 882 g/mol. The summed E-state index contributed by atoms with van der Waals surface area (Å²) in [5, 5.41) is 45.0. The molecule has 2 amide bonds. The van der Waals surface area contributed by atoms with Gasteiger partial charge in [-0.3, -0.25) is 19.3 Å². The normalized spacial score (nSPS) is 10.6. The summed E-state index contributed by atoms with van der Waals surface area (Å²) in [6.45, 7) is 6.66. The summed E-state index contributed by atoms with van der Waals surface area (Å²) in [6, 6.07) is -1.27. The second-order valence-electron chi connectivity index (χ2n) is 14.6. The number of nitrogens with zero attached hydrogens (tertiary/aromatic N) is 1. The Bertz CT molecular complexity index is 1230. The zero-order chi connectivity index (χ0) is 45.2. The average Bonchev–Trinajstić information content (AvgIpc) is 3.14. The van der Waals surface area contributed by atoms with Gasteiger partial charge >= 0.3 is 124 Å². The molecule has 0 aromatic carbocycles. The number of carbonyl (C=O) groups is 6. The molecule has 0 aliphatic heterocycles. The Morgan fingerprint density at radius 3 is 1.43 bits per heavy atom. The van der Waals surface area contributed by atoms with Gasteiger partial charge in [-0.15, -0.1) is 0 Å². The molecule has 0 bridgehead atoms. The van der Waals surface area contributed by atoms with Crippen LogP contribution in [-0.2, 0) is 43.6 Å². The summed E-state index contributed by atoms with van der Waals surface area (Å²) in [4.78, 5) is 66.1. The van der Waals surface area contributed by atoms with Gasteiger partial charge in [-0.2, -0.15) is 0 Å². The van der Waals surface area contributed by atoms with E-state index in [1.807, 2.05) is 0 Å². The van der Waals surface area contributed by atoms with E-state index in [0.717, 1.165) is 32.1 Å². The van der Waals surface area contributed by atoms with Gasteiger partial charge in [-0.05, 0) is 25.7 Å². The van der Waals surface area contributed by atoms with Crippen LogP contribution in [0.3, 0.4) is 0 Å². The van der Waals surface area contributed by atoms with Gasteiger partial charge in [-0.1, -0.05) is 136 Å². The first kappa shape index (κ1) is 77.8. The van der Waals surface area contributed by atoms with Gasteiger partial charge in [0.2, 0.25) is 11.8 Å². The van der Waals surface area contributed by atoms with Crippen LogP contribution < -0.4 is 144 Å². The molecule has 0 aliphatic rings. The average molecular weight is 958 g/mol.